The van der Waals surface area contributed by atoms with E-state index >= 15 is 0 Å². The molecule has 17 heteroatoms. The number of carbonyl (C=O) groups is 3. The van der Waals surface area contributed by atoms with Crippen LogP contribution in [0.1, 0.15) is 12.6 Å². The molecule has 3 aliphatic rings. The average molecular weight is 568 g/mol. The summed E-state index contributed by atoms with van der Waals surface area (Å²) in [6, 6.07) is -0.946. The second-order valence-corrected chi connectivity index (χ2v) is 11.1. The highest BCUT2D eigenvalue weighted by Gasteiger charge is 2.54. The fourth-order valence-corrected chi connectivity index (χ4v) is 6.86. The number of rotatable bonds is 7. The predicted molar refractivity (Wildman–Crippen MR) is 142 cm³/mol. The molecule has 37 heavy (non-hydrogen) atoms. The number of anilines is 1. The number of carboxylic acids is 1. The number of nitrogen functional groups attached to an aromatic ring is 1. The molecular weight excluding hydrogens is 542 g/mol. The molecule has 8 N–H and O–H groups in total. The summed E-state index contributed by atoms with van der Waals surface area (Å²) in [6.07, 6.45) is -0.438. The summed E-state index contributed by atoms with van der Waals surface area (Å²) in [5.41, 5.74) is 19.0. The maximum atomic E-state index is 13.0. The Bertz CT molecular complexity index is 1270. The van der Waals surface area contributed by atoms with Gasteiger partial charge in [-0.25, -0.2) is 14.8 Å². The van der Waals surface area contributed by atoms with Gasteiger partial charge in [0.05, 0.1) is 0 Å². The third-order valence-corrected chi connectivity index (χ3v) is 9.00. The first-order valence-electron chi connectivity index (χ1n) is 10.7. The number of carbonyl (C=O) groups excluding carboxylic acids is 2. The molecule has 0 bridgehead atoms. The molecule has 0 saturated carbocycles. The normalized spacial score (nSPS) is 24.0. The van der Waals surface area contributed by atoms with Gasteiger partial charge in [-0.05, 0) is 12.5 Å². The van der Waals surface area contributed by atoms with Gasteiger partial charge in [0.2, 0.25) is 0 Å². The number of aliphatic imine (C=N–C) groups is 1. The van der Waals surface area contributed by atoms with E-state index in [1.165, 1.54) is 40.9 Å². The van der Waals surface area contributed by atoms with Gasteiger partial charge in [-0.1, -0.05) is 16.9 Å². The zero-order chi connectivity index (χ0) is 27.0. The Morgan fingerprint density at radius 2 is 2.14 bits per heavy atom. The van der Waals surface area contributed by atoms with Gasteiger partial charge in [-0.15, -0.1) is 23.1 Å². The van der Waals surface area contributed by atoms with Crippen molar-refractivity contribution in [2.45, 2.75) is 24.5 Å². The number of aliphatic carboxylic acids is 1. The first kappa shape index (κ1) is 26.8. The van der Waals surface area contributed by atoms with Crippen molar-refractivity contribution in [2.24, 2.45) is 21.6 Å². The summed E-state index contributed by atoms with van der Waals surface area (Å²) in [6.45, 7) is 1.80. The zero-order valence-electron chi connectivity index (χ0n) is 20.0. The minimum atomic E-state index is -1.23. The van der Waals surface area contributed by atoms with Gasteiger partial charge in [-0.2, -0.15) is 0 Å². The number of nitrogens with two attached hydrogens (primary N) is 3. The molecule has 4 heterocycles. The number of nitrogens with one attached hydrogen (secondary N) is 1. The van der Waals surface area contributed by atoms with Crippen molar-refractivity contribution >= 4 is 68.7 Å². The molecule has 3 atom stereocenters. The second-order valence-electron chi connectivity index (χ2n) is 8.12. The number of fused-ring (bicyclic) bond motifs is 1. The lowest BCUT2D eigenvalue weighted by atomic mass is 10.0. The van der Waals surface area contributed by atoms with Crippen LogP contribution in [0.15, 0.2) is 38.2 Å². The second kappa shape index (κ2) is 10.6. The standard InChI is InChI=1S/C20H25N9O5S3/c1-7-13(21)26-20(28(2)14(7)22)37-5-8-4-35-17-11(16(31)29(17)12(8)18(32)33)25-15(30)10(27-34-3)9-6-36-19(23)24-9/h6,11,14,17H,4-5,21-22H2,1-3H3,(H2,23,24)(H,25,30)(H,32,33)/b27-10-/t11?,14?,17-/m0/s1. The van der Waals surface area contributed by atoms with E-state index in [0.29, 0.717) is 22.3 Å². The van der Waals surface area contributed by atoms with Crippen LogP contribution < -0.4 is 22.5 Å². The van der Waals surface area contributed by atoms with Crippen LogP contribution in [0.25, 0.3) is 0 Å². The van der Waals surface area contributed by atoms with E-state index in [2.05, 4.69) is 20.4 Å². The van der Waals surface area contributed by atoms with E-state index in [-0.39, 0.29) is 28.0 Å². The van der Waals surface area contributed by atoms with E-state index in [9.17, 15) is 19.5 Å². The molecular formula is C20H25N9O5S3. The number of oxime groups is 1. The van der Waals surface area contributed by atoms with Crippen LogP contribution in [0.3, 0.4) is 0 Å². The Hall–Kier alpha value is -3.28. The number of hydrogen-bond acceptors (Lipinski definition) is 14. The van der Waals surface area contributed by atoms with Crippen LogP contribution in [0.4, 0.5) is 5.13 Å². The Labute approximate surface area is 224 Å². The molecule has 1 saturated heterocycles. The van der Waals surface area contributed by atoms with E-state index in [1.807, 2.05) is 0 Å². The molecule has 1 aromatic heterocycles. The fraction of sp³-hybridized carbons (Fsp3) is 0.400. The number of hydrogen-bond donors (Lipinski definition) is 5. The van der Waals surface area contributed by atoms with Gasteiger partial charge in [-0.3, -0.25) is 14.5 Å². The quantitative estimate of drug-likeness (QED) is 0.157. The Morgan fingerprint density at radius 1 is 1.41 bits per heavy atom. The van der Waals surface area contributed by atoms with Crippen LogP contribution in [-0.2, 0) is 19.2 Å². The number of nitrogens with zero attached hydrogens (tertiary/aromatic N) is 5. The molecule has 0 aromatic carbocycles. The number of carboxylic acid groups (broad SMARTS) is 1. The predicted octanol–water partition coefficient (Wildman–Crippen LogP) is -0.676. The SMILES string of the molecule is CO/N=C(\C(=O)NC1C(=O)N2C(C(=O)O)=C(CSC3=NC(N)=C(C)C(N)N3C)CS[C@@H]12)c1csc(N)n1. The number of aromatic nitrogens is 1. The molecule has 4 rings (SSSR count). The molecule has 0 spiro atoms. The van der Waals surface area contributed by atoms with Gasteiger partial charge in [0.1, 0.15) is 41.9 Å². The van der Waals surface area contributed by atoms with Crippen molar-refractivity contribution in [1.29, 1.82) is 0 Å². The molecule has 198 valence electrons. The molecule has 2 unspecified atom stereocenters. The number of amidine groups is 1. The Balaban J connectivity index is 1.49. The summed E-state index contributed by atoms with van der Waals surface area (Å²) in [4.78, 5) is 54.2. The van der Waals surface area contributed by atoms with Crippen molar-refractivity contribution in [3.8, 4) is 0 Å². The number of thioether (sulfide) groups is 2. The summed E-state index contributed by atoms with van der Waals surface area (Å²) in [5, 5.41) is 18.0. The molecule has 1 aromatic rings. The van der Waals surface area contributed by atoms with Crippen molar-refractivity contribution in [3.05, 3.63) is 33.7 Å². The van der Waals surface area contributed by atoms with Crippen molar-refractivity contribution < 1.29 is 24.3 Å². The third-order valence-electron chi connectivity index (χ3n) is 5.86. The lowest BCUT2D eigenvalue weighted by molar-refractivity contribution is -0.150. The zero-order valence-corrected chi connectivity index (χ0v) is 22.4. The number of amides is 2. The van der Waals surface area contributed by atoms with Gasteiger partial charge < -0.3 is 37.4 Å². The Morgan fingerprint density at radius 3 is 2.76 bits per heavy atom. The lowest BCUT2D eigenvalue weighted by Gasteiger charge is -2.49. The molecule has 0 radical (unpaired) electrons. The van der Waals surface area contributed by atoms with E-state index in [1.54, 1.807) is 18.9 Å². The topological polar surface area (TPSA) is 215 Å². The van der Waals surface area contributed by atoms with Crippen molar-refractivity contribution in [2.75, 3.05) is 31.4 Å². The smallest absolute Gasteiger partial charge is 0.352 e. The highest BCUT2D eigenvalue weighted by atomic mass is 32.2. The van der Waals surface area contributed by atoms with Gasteiger partial charge in [0.15, 0.2) is 16.0 Å². The van der Waals surface area contributed by atoms with Crippen LogP contribution in [0, 0.1) is 0 Å². The fourth-order valence-electron chi connectivity index (χ4n) is 3.81. The van der Waals surface area contributed by atoms with Gasteiger partial charge in [0.25, 0.3) is 11.8 Å². The maximum Gasteiger partial charge on any atom is 0.352 e. The number of likely N-dealkylation sites (N-methyl/N-ethyl adjacent to an activating group) is 1. The van der Waals surface area contributed by atoms with E-state index < -0.39 is 35.4 Å². The van der Waals surface area contributed by atoms with Gasteiger partial charge >= 0.3 is 5.97 Å². The monoisotopic (exact) mass is 567 g/mol. The molecule has 0 aliphatic carbocycles. The average Bonchev–Trinajstić information content (AvgIpc) is 3.30. The van der Waals surface area contributed by atoms with Crippen molar-refractivity contribution in [3.63, 3.8) is 0 Å². The first-order valence-corrected chi connectivity index (χ1v) is 13.7. The Kier molecular flexibility index (Phi) is 7.67. The number of thiazole rings is 1. The largest absolute Gasteiger partial charge is 0.477 e. The molecule has 1 fully saturated rings. The van der Waals surface area contributed by atoms with E-state index in [4.69, 9.17) is 22.0 Å². The molecule has 3 aliphatic heterocycles. The minimum Gasteiger partial charge on any atom is -0.477 e. The molecule has 2 amide bonds. The number of β-lactam (4-membered cyclic amide) rings is 1. The summed E-state index contributed by atoms with van der Waals surface area (Å²) in [5.74, 6) is -1.54. The third kappa shape index (κ3) is 4.98. The minimum absolute atomic E-state index is 0.104. The lowest BCUT2D eigenvalue weighted by Crippen LogP contribution is -2.71. The van der Waals surface area contributed by atoms with Gasteiger partial charge in [0, 0.05) is 29.5 Å². The van der Waals surface area contributed by atoms with Crippen LogP contribution in [0.2, 0.25) is 0 Å². The highest BCUT2D eigenvalue weighted by Crippen LogP contribution is 2.41. The van der Waals surface area contributed by atoms with Crippen LogP contribution in [0.5, 0.6) is 0 Å². The van der Waals surface area contributed by atoms with E-state index in [0.717, 1.165) is 16.9 Å². The summed E-state index contributed by atoms with van der Waals surface area (Å²) in [7, 11) is 3.05. The summed E-state index contributed by atoms with van der Waals surface area (Å²) >= 11 is 3.76. The maximum absolute atomic E-state index is 13.0. The molecule has 14 nitrogen and oxygen atoms in total. The first-order chi connectivity index (χ1) is 17.5. The van der Waals surface area contributed by atoms with Crippen LogP contribution >= 0.6 is 34.9 Å². The highest BCUT2D eigenvalue weighted by molar-refractivity contribution is 8.14. The van der Waals surface area contributed by atoms with Crippen LogP contribution in [-0.4, -0.2) is 91.8 Å². The van der Waals surface area contributed by atoms with Crippen molar-refractivity contribution in [1.82, 2.24) is 20.1 Å². The summed E-state index contributed by atoms with van der Waals surface area (Å²) < 4.78 is 0.